The van der Waals surface area contributed by atoms with E-state index in [1.165, 1.54) is 11.8 Å². The number of aromatic nitrogens is 1. The molecule has 9 nitrogen and oxygen atoms in total. The number of pyridine rings is 1. The van der Waals surface area contributed by atoms with Crippen LogP contribution in [0.1, 0.15) is 15.9 Å². The molecule has 33 heavy (non-hydrogen) atoms. The van der Waals surface area contributed by atoms with Gasteiger partial charge in [-0.25, -0.2) is 4.98 Å². The maximum Gasteiger partial charge on any atom is 0.254 e. The highest BCUT2D eigenvalue weighted by molar-refractivity contribution is 8.00. The van der Waals surface area contributed by atoms with E-state index in [1.807, 2.05) is 18.2 Å². The first-order valence-corrected chi connectivity index (χ1v) is 11.1. The Morgan fingerprint density at radius 1 is 0.909 bits per heavy atom. The zero-order valence-corrected chi connectivity index (χ0v) is 18.1. The van der Waals surface area contributed by atoms with Crippen LogP contribution in [-0.4, -0.2) is 36.1 Å². The van der Waals surface area contributed by atoms with Crippen molar-refractivity contribution in [3.05, 3.63) is 65.9 Å². The van der Waals surface area contributed by atoms with Crippen LogP contribution >= 0.6 is 11.8 Å². The Bertz CT molecular complexity index is 1220. The quantitative estimate of drug-likeness (QED) is 0.512. The summed E-state index contributed by atoms with van der Waals surface area (Å²) < 4.78 is 21.3. The molecule has 1 aromatic heterocycles. The predicted octanol–water partition coefficient (Wildman–Crippen LogP) is 3.20. The van der Waals surface area contributed by atoms with Gasteiger partial charge in [-0.1, -0.05) is 17.8 Å². The predicted molar refractivity (Wildman–Crippen MR) is 120 cm³/mol. The van der Waals surface area contributed by atoms with E-state index < -0.39 is 0 Å². The summed E-state index contributed by atoms with van der Waals surface area (Å²) in [6, 6.07) is 14.1. The van der Waals surface area contributed by atoms with Gasteiger partial charge in [0.25, 0.3) is 5.91 Å². The zero-order valence-electron chi connectivity index (χ0n) is 17.3. The van der Waals surface area contributed by atoms with Crippen LogP contribution in [0.5, 0.6) is 23.0 Å². The van der Waals surface area contributed by atoms with Crippen LogP contribution in [-0.2, 0) is 11.3 Å². The Kier molecular flexibility index (Phi) is 5.90. The summed E-state index contributed by atoms with van der Waals surface area (Å²) in [5.74, 6) is 2.17. The van der Waals surface area contributed by atoms with Crippen LogP contribution in [0.4, 0.5) is 5.69 Å². The second kappa shape index (κ2) is 9.29. The molecule has 2 N–H and O–H groups in total. The first-order valence-electron chi connectivity index (χ1n) is 10.1. The average Bonchev–Trinajstić information content (AvgIpc) is 3.50. The van der Waals surface area contributed by atoms with Crippen molar-refractivity contribution < 1.29 is 28.5 Å². The third-order valence-corrected chi connectivity index (χ3v) is 5.91. The Balaban J connectivity index is 1.18. The molecule has 0 aliphatic carbocycles. The highest BCUT2D eigenvalue weighted by Gasteiger charge is 2.17. The molecule has 2 aliphatic rings. The molecule has 0 bridgehead atoms. The number of thioether (sulfide) groups is 1. The normalized spacial score (nSPS) is 13.0. The number of carbonyl (C=O) groups is 2. The van der Waals surface area contributed by atoms with Gasteiger partial charge < -0.3 is 29.6 Å². The molecule has 0 atom stereocenters. The summed E-state index contributed by atoms with van der Waals surface area (Å²) in [5, 5.41) is 6.17. The number of benzene rings is 2. The molecule has 0 saturated carbocycles. The Morgan fingerprint density at radius 2 is 1.64 bits per heavy atom. The SMILES string of the molecule is O=C(CSc1ncccc1C(=O)NCc1ccc2c(c1)OCO2)Nc1ccc2c(c1)OCO2. The largest absolute Gasteiger partial charge is 0.454 e. The van der Waals surface area contributed by atoms with Crippen molar-refractivity contribution in [1.29, 1.82) is 0 Å². The highest BCUT2D eigenvalue weighted by atomic mass is 32.2. The molecule has 10 heteroatoms. The van der Waals surface area contributed by atoms with Crippen molar-refractivity contribution in [3.63, 3.8) is 0 Å². The summed E-state index contributed by atoms with van der Waals surface area (Å²) in [4.78, 5) is 29.5. The van der Waals surface area contributed by atoms with Gasteiger partial charge in [0, 0.05) is 24.5 Å². The summed E-state index contributed by atoms with van der Waals surface area (Å²) in [6.07, 6.45) is 1.59. The fraction of sp³-hybridized carbons (Fsp3) is 0.174. The van der Waals surface area contributed by atoms with Crippen LogP contribution in [0.25, 0.3) is 0 Å². The van der Waals surface area contributed by atoms with Crippen molar-refractivity contribution in [3.8, 4) is 23.0 Å². The van der Waals surface area contributed by atoms with E-state index in [4.69, 9.17) is 18.9 Å². The Labute approximate surface area is 193 Å². The number of ether oxygens (including phenoxy) is 4. The molecule has 0 unspecified atom stereocenters. The molecule has 0 spiro atoms. The minimum Gasteiger partial charge on any atom is -0.454 e. The summed E-state index contributed by atoms with van der Waals surface area (Å²) in [7, 11) is 0. The first-order chi connectivity index (χ1) is 16.2. The van der Waals surface area contributed by atoms with E-state index >= 15 is 0 Å². The standard InChI is InChI=1S/C23H19N3O6S/c27-21(26-15-4-6-18-20(9-15)32-13-30-18)11-33-23-16(2-1-7-24-23)22(28)25-10-14-3-5-17-19(8-14)31-12-29-17/h1-9H,10-13H2,(H,25,28)(H,26,27). The first kappa shape index (κ1) is 21.0. The molecule has 0 saturated heterocycles. The van der Waals surface area contributed by atoms with Crippen molar-refractivity contribution in [1.82, 2.24) is 10.3 Å². The van der Waals surface area contributed by atoms with Gasteiger partial charge in [0.2, 0.25) is 19.5 Å². The van der Waals surface area contributed by atoms with Crippen LogP contribution in [0.2, 0.25) is 0 Å². The van der Waals surface area contributed by atoms with E-state index in [9.17, 15) is 9.59 Å². The maximum absolute atomic E-state index is 12.8. The van der Waals surface area contributed by atoms with E-state index in [-0.39, 0.29) is 31.2 Å². The third kappa shape index (κ3) is 4.80. The van der Waals surface area contributed by atoms with Crippen molar-refractivity contribution in [2.75, 3.05) is 24.7 Å². The van der Waals surface area contributed by atoms with Crippen molar-refractivity contribution in [2.24, 2.45) is 0 Å². The number of rotatable bonds is 7. The Hall–Kier alpha value is -3.92. The number of hydrogen-bond acceptors (Lipinski definition) is 8. The lowest BCUT2D eigenvalue weighted by Crippen LogP contribution is -2.24. The van der Waals surface area contributed by atoms with Gasteiger partial charge in [0.1, 0.15) is 5.03 Å². The number of fused-ring (bicyclic) bond motifs is 2. The van der Waals surface area contributed by atoms with Crippen LogP contribution in [0.15, 0.2) is 59.8 Å². The monoisotopic (exact) mass is 465 g/mol. The minimum atomic E-state index is -0.278. The van der Waals surface area contributed by atoms with Gasteiger partial charge in [0.15, 0.2) is 23.0 Å². The second-order valence-corrected chi connectivity index (χ2v) is 8.10. The fourth-order valence-electron chi connectivity index (χ4n) is 3.31. The summed E-state index contributed by atoms with van der Waals surface area (Å²) >= 11 is 1.19. The smallest absolute Gasteiger partial charge is 0.254 e. The number of amides is 2. The fourth-order valence-corrected chi connectivity index (χ4v) is 4.10. The number of nitrogens with one attached hydrogen (secondary N) is 2. The molecule has 0 radical (unpaired) electrons. The molecular weight excluding hydrogens is 446 g/mol. The van der Waals surface area contributed by atoms with E-state index in [2.05, 4.69) is 15.6 Å². The highest BCUT2D eigenvalue weighted by Crippen LogP contribution is 2.34. The van der Waals surface area contributed by atoms with Gasteiger partial charge in [-0.15, -0.1) is 0 Å². The van der Waals surface area contributed by atoms with Crippen molar-refractivity contribution in [2.45, 2.75) is 11.6 Å². The van der Waals surface area contributed by atoms with Gasteiger partial charge in [0.05, 0.1) is 11.3 Å². The summed E-state index contributed by atoms with van der Waals surface area (Å²) in [6.45, 7) is 0.685. The molecule has 2 aliphatic heterocycles. The van der Waals surface area contributed by atoms with Gasteiger partial charge in [-0.3, -0.25) is 9.59 Å². The van der Waals surface area contributed by atoms with Gasteiger partial charge >= 0.3 is 0 Å². The van der Waals surface area contributed by atoms with Crippen LogP contribution in [0.3, 0.4) is 0 Å². The topological polar surface area (TPSA) is 108 Å². The molecule has 2 aromatic carbocycles. The molecule has 5 rings (SSSR count). The van der Waals surface area contributed by atoms with E-state index in [0.717, 1.165) is 5.56 Å². The van der Waals surface area contributed by atoms with Crippen molar-refractivity contribution >= 4 is 29.3 Å². The third-order valence-electron chi connectivity index (χ3n) is 4.90. The molecule has 2 amide bonds. The Morgan fingerprint density at radius 3 is 2.45 bits per heavy atom. The summed E-state index contributed by atoms with van der Waals surface area (Å²) in [5.41, 5.74) is 1.89. The molecular formula is C23H19N3O6S. The number of carbonyl (C=O) groups excluding carboxylic acids is 2. The maximum atomic E-state index is 12.8. The lowest BCUT2D eigenvalue weighted by molar-refractivity contribution is -0.113. The second-order valence-electron chi connectivity index (χ2n) is 7.13. The van der Waals surface area contributed by atoms with Crippen LogP contribution < -0.4 is 29.6 Å². The van der Waals surface area contributed by atoms with E-state index in [1.54, 1.807) is 36.5 Å². The number of anilines is 1. The number of hydrogen-bond donors (Lipinski definition) is 2. The lowest BCUT2D eigenvalue weighted by atomic mass is 10.2. The lowest BCUT2D eigenvalue weighted by Gasteiger charge is -2.10. The molecule has 168 valence electrons. The average molecular weight is 465 g/mol. The molecule has 0 fully saturated rings. The van der Waals surface area contributed by atoms with Crippen LogP contribution in [0, 0.1) is 0 Å². The molecule has 3 aromatic rings. The molecule has 3 heterocycles. The van der Waals surface area contributed by atoms with Gasteiger partial charge in [-0.2, -0.15) is 0 Å². The number of nitrogens with zero attached hydrogens (tertiary/aromatic N) is 1. The van der Waals surface area contributed by atoms with Gasteiger partial charge in [-0.05, 0) is 42.0 Å². The minimum absolute atomic E-state index is 0.0912. The van der Waals surface area contributed by atoms with E-state index in [0.29, 0.717) is 45.8 Å². The zero-order chi connectivity index (χ0) is 22.6.